The summed E-state index contributed by atoms with van der Waals surface area (Å²) in [4.78, 5) is 15.9. The summed E-state index contributed by atoms with van der Waals surface area (Å²) in [6.07, 6.45) is 0.589. The van der Waals surface area contributed by atoms with E-state index in [-0.39, 0.29) is 5.92 Å². The normalized spacial score (nSPS) is 22.7. The maximum atomic E-state index is 11.6. The molecular weight excluding hydrogens is 192 g/mol. The highest BCUT2D eigenvalue weighted by molar-refractivity contribution is 5.81. The summed E-state index contributed by atoms with van der Waals surface area (Å²) in [5, 5.41) is 0. The van der Waals surface area contributed by atoms with E-state index < -0.39 is 0 Å². The minimum absolute atomic E-state index is 0.0888. The summed E-state index contributed by atoms with van der Waals surface area (Å²) in [6, 6.07) is 0. The van der Waals surface area contributed by atoms with Gasteiger partial charge in [0.15, 0.2) is 0 Å². The number of likely N-dealkylation sites (N-methyl/N-ethyl adjacent to an activating group) is 2. The molecule has 1 rings (SSSR count). The molecule has 0 radical (unpaired) electrons. The second kappa shape index (κ2) is 6.20. The Hall–Kier alpha value is -0.450. The van der Waals surface area contributed by atoms with Crippen LogP contribution in [0.4, 0.5) is 0 Å². The monoisotopic (exact) mass is 214 g/mol. The number of hydrogen-bond acceptors (Lipinski definition) is 4. The number of Topliss-reactive ketones (excluding diaryl/α,β-unsaturated/α-hetero) is 1. The number of ketones is 1. The third kappa shape index (κ3) is 4.73. The largest absolute Gasteiger partial charge is 0.380 e. The maximum absolute atomic E-state index is 11.6. The number of nitrogens with zero attached hydrogens (tertiary/aromatic N) is 2. The van der Waals surface area contributed by atoms with Crippen molar-refractivity contribution in [2.24, 2.45) is 5.92 Å². The fourth-order valence-corrected chi connectivity index (χ4v) is 1.69. The van der Waals surface area contributed by atoms with E-state index in [0.29, 0.717) is 25.4 Å². The molecule has 0 spiro atoms. The minimum atomic E-state index is 0.0888. The zero-order chi connectivity index (χ0) is 11.3. The molecular formula is C11H22N2O2. The van der Waals surface area contributed by atoms with Gasteiger partial charge in [-0.3, -0.25) is 4.79 Å². The molecule has 4 heteroatoms. The number of hydrogen-bond donors (Lipinski definition) is 0. The third-order valence-electron chi connectivity index (χ3n) is 2.73. The molecule has 1 aliphatic heterocycles. The lowest BCUT2D eigenvalue weighted by atomic mass is 10.0. The highest BCUT2D eigenvalue weighted by Gasteiger charge is 2.23. The third-order valence-corrected chi connectivity index (χ3v) is 2.73. The second-order valence-corrected chi connectivity index (χ2v) is 4.55. The molecule has 0 bridgehead atoms. The summed E-state index contributed by atoms with van der Waals surface area (Å²) in [7, 11) is 6.18. The first kappa shape index (κ1) is 12.6. The van der Waals surface area contributed by atoms with Crippen LogP contribution in [0.3, 0.4) is 0 Å². The summed E-state index contributed by atoms with van der Waals surface area (Å²) >= 11 is 0. The molecule has 1 saturated heterocycles. The Morgan fingerprint density at radius 2 is 2.07 bits per heavy atom. The van der Waals surface area contributed by atoms with Crippen molar-refractivity contribution >= 4 is 5.78 Å². The van der Waals surface area contributed by atoms with Gasteiger partial charge in [-0.2, -0.15) is 0 Å². The zero-order valence-electron chi connectivity index (χ0n) is 10.0. The van der Waals surface area contributed by atoms with Crippen LogP contribution >= 0.6 is 0 Å². The Labute approximate surface area is 92.2 Å². The highest BCUT2D eigenvalue weighted by Crippen LogP contribution is 2.10. The molecule has 1 heterocycles. The van der Waals surface area contributed by atoms with E-state index in [1.807, 2.05) is 0 Å². The molecule has 0 N–H and O–H groups in total. The Balaban J connectivity index is 2.23. The summed E-state index contributed by atoms with van der Waals surface area (Å²) in [6.45, 7) is 4.06. The van der Waals surface area contributed by atoms with E-state index in [0.717, 1.165) is 19.6 Å². The van der Waals surface area contributed by atoms with Gasteiger partial charge in [0.05, 0.1) is 19.1 Å². The van der Waals surface area contributed by atoms with Crippen molar-refractivity contribution in [1.29, 1.82) is 0 Å². The maximum Gasteiger partial charge on any atom is 0.141 e. The van der Waals surface area contributed by atoms with Gasteiger partial charge in [-0.1, -0.05) is 0 Å². The van der Waals surface area contributed by atoms with Crippen molar-refractivity contribution in [2.45, 2.75) is 6.42 Å². The van der Waals surface area contributed by atoms with Crippen LogP contribution in [0.25, 0.3) is 0 Å². The molecule has 1 aliphatic rings. The number of carbonyl (C=O) groups excluding carboxylic acids is 1. The summed E-state index contributed by atoms with van der Waals surface area (Å²) in [5.74, 6) is 0.448. The van der Waals surface area contributed by atoms with E-state index in [4.69, 9.17) is 4.74 Å². The van der Waals surface area contributed by atoms with Crippen molar-refractivity contribution in [2.75, 3.05) is 54.0 Å². The first-order valence-corrected chi connectivity index (χ1v) is 5.53. The van der Waals surface area contributed by atoms with Crippen molar-refractivity contribution in [3.8, 4) is 0 Å². The van der Waals surface area contributed by atoms with E-state index in [1.54, 1.807) is 0 Å². The smallest absolute Gasteiger partial charge is 0.141 e. The molecule has 4 nitrogen and oxygen atoms in total. The van der Waals surface area contributed by atoms with Crippen molar-refractivity contribution in [3.05, 3.63) is 0 Å². The Morgan fingerprint density at radius 3 is 2.67 bits per heavy atom. The van der Waals surface area contributed by atoms with Gasteiger partial charge in [-0.25, -0.2) is 0 Å². The van der Waals surface area contributed by atoms with Crippen LogP contribution in [-0.2, 0) is 9.53 Å². The van der Waals surface area contributed by atoms with E-state index in [1.165, 1.54) is 0 Å². The molecule has 0 amide bonds. The average molecular weight is 214 g/mol. The number of ether oxygens (including phenoxy) is 1. The van der Waals surface area contributed by atoms with Crippen LogP contribution < -0.4 is 0 Å². The minimum Gasteiger partial charge on any atom is -0.380 e. The predicted molar refractivity (Wildman–Crippen MR) is 60.0 cm³/mol. The average Bonchev–Trinajstić information content (AvgIpc) is 2.18. The Kier molecular flexibility index (Phi) is 5.22. The fourth-order valence-electron chi connectivity index (χ4n) is 1.69. The quantitative estimate of drug-likeness (QED) is 0.649. The molecule has 1 unspecified atom stereocenters. The lowest BCUT2D eigenvalue weighted by Gasteiger charge is -2.26. The van der Waals surface area contributed by atoms with Crippen molar-refractivity contribution in [3.63, 3.8) is 0 Å². The van der Waals surface area contributed by atoms with Gasteiger partial charge in [0, 0.05) is 26.1 Å². The van der Waals surface area contributed by atoms with Crippen LogP contribution in [0, 0.1) is 5.92 Å². The number of rotatable bonds is 5. The Morgan fingerprint density at radius 1 is 1.33 bits per heavy atom. The number of carbonyl (C=O) groups is 1. The topological polar surface area (TPSA) is 32.8 Å². The SMILES string of the molecule is CN(C)CCN(C)CC1COCCC1=O. The standard InChI is InChI=1S/C11H22N2O2/c1-12(2)5-6-13(3)8-10-9-15-7-4-11(10)14/h10H,4-9H2,1-3H3. The van der Waals surface area contributed by atoms with Gasteiger partial charge in [0.2, 0.25) is 0 Å². The first-order chi connectivity index (χ1) is 7.09. The van der Waals surface area contributed by atoms with Crippen LogP contribution in [0.5, 0.6) is 0 Å². The van der Waals surface area contributed by atoms with Gasteiger partial charge in [0.25, 0.3) is 0 Å². The van der Waals surface area contributed by atoms with Gasteiger partial charge >= 0.3 is 0 Å². The second-order valence-electron chi connectivity index (χ2n) is 4.55. The van der Waals surface area contributed by atoms with Gasteiger partial charge in [-0.15, -0.1) is 0 Å². The van der Waals surface area contributed by atoms with Crippen LogP contribution in [-0.4, -0.2) is 69.6 Å². The molecule has 0 aromatic rings. The Bertz CT molecular complexity index is 207. The highest BCUT2D eigenvalue weighted by atomic mass is 16.5. The van der Waals surface area contributed by atoms with Gasteiger partial charge < -0.3 is 14.5 Å². The molecule has 0 aromatic carbocycles. The van der Waals surface area contributed by atoms with E-state index >= 15 is 0 Å². The summed E-state index contributed by atoms with van der Waals surface area (Å²) in [5.41, 5.74) is 0. The molecule has 1 fully saturated rings. The van der Waals surface area contributed by atoms with Crippen LogP contribution in [0.2, 0.25) is 0 Å². The molecule has 0 aromatic heterocycles. The van der Waals surface area contributed by atoms with E-state index in [9.17, 15) is 4.79 Å². The molecule has 15 heavy (non-hydrogen) atoms. The van der Waals surface area contributed by atoms with Gasteiger partial charge in [0.1, 0.15) is 5.78 Å². The molecule has 1 atom stereocenters. The van der Waals surface area contributed by atoms with Crippen LogP contribution in [0.15, 0.2) is 0 Å². The predicted octanol–water partition coefficient (Wildman–Crippen LogP) is 0.0854. The lowest BCUT2D eigenvalue weighted by molar-refractivity contribution is -0.131. The van der Waals surface area contributed by atoms with Crippen molar-refractivity contribution < 1.29 is 9.53 Å². The van der Waals surface area contributed by atoms with Crippen molar-refractivity contribution in [1.82, 2.24) is 9.80 Å². The molecule has 0 saturated carbocycles. The fraction of sp³-hybridized carbons (Fsp3) is 0.909. The lowest BCUT2D eigenvalue weighted by Crippen LogP contribution is -2.39. The zero-order valence-corrected chi connectivity index (χ0v) is 10.0. The summed E-state index contributed by atoms with van der Waals surface area (Å²) < 4.78 is 5.32. The first-order valence-electron chi connectivity index (χ1n) is 5.53. The van der Waals surface area contributed by atoms with E-state index in [2.05, 4.69) is 30.9 Å². The molecule has 0 aliphatic carbocycles. The van der Waals surface area contributed by atoms with Gasteiger partial charge in [-0.05, 0) is 21.1 Å². The molecule has 88 valence electrons. The van der Waals surface area contributed by atoms with Crippen LogP contribution in [0.1, 0.15) is 6.42 Å².